The monoisotopic (exact) mass is 550 g/mol. The van der Waals surface area contributed by atoms with Crippen molar-refractivity contribution in [2.45, 2.75) is 33.9 Å². The van der Waals surface area contributed by atoms with Gasteiger partial charge in [0, 0.05) is 29.7 Å². The molecule has 0 aliphatic carbocycles. The van der Waals surface area contributed by atoms with E-state index >= 15 is 0 Å². The maximum atomic E-state index is 12.3. The zero-order valence-electron chi connectivity index (χ0n) is 16.9. The van der Waals surface area contributed by atoms with E-state index in [-0.39, 0.29) is 23.4 Å². The van der Waals surface area contributed by atoms with Crippen LogP contribution in [-0.4, -0.2) is 42.4 Å². The molecule has 31 heavy (non-hydrogen) atoms. The predicted molar refractivity (Wildman–Crippen MR) is 116 cm³/mol. The molecule has 1 aromatic carbocycles. The summed E-state index contributed by atoms with van der Waals surface area (Å²) >= 11 is 6.79. The summed E-state index contributed by atoms with van der Waals surface area (Å²) in [5.74, 6) is 0.0227. The van der Waals surface area contributed by atoms with Gasteiger partial charge in [0.15, 0.2) is 5.75 Å². The van der Waals surface area contributed by atoms with Crippen molar-refractivity contribution in [1.82, 2.24) is 24.6 Å². The molecule has 0 saturated heterocycles. The van der Waals surface area contributed by atoms with Gasteiger partial charge in [-0.05, 0) is 48.0 Å². The number of aryl methyl sites for hydroxylation is 2. The summed E-state index contributed by atoms with van der Waals surface area (Å²) in [6.45, 7) is 6.39. The van der Waals surface area contributed by atoms with Crippen molar-refractivity contribution in [3.8, 4) is 5.75 Å². The van der Waals surface area contributed by atoms with Gasteiger partial charge in [-0.3, -0.25) is 9.59 Å². The minimum absolute atomic E-state index is 0.0816. The SMILES string of the molecule is CC(=O)Oc1c(Br)cc(Br)cc1C1=NN(C(C)=O)C(c2nc3nc(C)cc(C)n3n2)O1. The second-order valence-electron chi connectivity index (χ2n) is 6.82. The van der Waals surface area contributed by atoms with Crippen LogP contribution in [0.5, 0.6) is 5.75 Å². The van der Waals surface area contributed by atoms with Gasteiger partial charge < -0.3 is 9.47 Å². The lowest BCUT2D eigenvalue weighted by molar-refractivity contribution is -0.135. The molecule has 1 aliphatic heterocycles. The van der Waals surface area contributed by atoms with Crippen molar-refractivity contribution in [2.75, 3.05) is 0 Å². The fourth-order valence-electron chi connectivity index (χ4n) is 3.10. The average molecular weight is 552 g/mol. The number of hydrogen-bond donors (Lipinski definition) is 0. The molecule has 10 nitrogen and oxygen atoms in total. The molecule has 0 bridgehead atoms. The fourth-order valence-corrected chi connectivity index (χ4v) is 4.40. The minimum Gasteiger partial charge on any atom is -0.442 e. The van der Waals surface area contributed by atoms with E-state index in [0.29, 0.717) is 20.3 Å². The molecule has 3 aromatic rings. The molecule has 1 aliphatic rings. The van der Waals surface area contributed by atoms with Crippen molar-refractivity contribution < 1.29 is 19.1 Å². The second kappa shape index (κ2) is 8.00. The molecule has 1 atom stereocenters. The zero-order valence-corrected chi connectivity index (χ0v) is 20.1. The molecule has 0 N–H and O–H groups in total. The number of nitrogens with zero attached hydrogens (tertiary/aromatic N) is 6. The Balaban J connectivity index is 1.79. The number of carbonyl (C=O) groups excluding carboxylic acids is 2. The van der Waals surface area contributed by atoms with Gasteiger partial charge in [-0.15, -0.1) is 10.2 Å². The molecular weight excluding hydrogens is 536 g/mol. The van der Waals surface area contributed by atoms with Crippen LogP contribution in [0, 0.1) is 13.8 Å². The Hall–Kier alpha value is -2.86. The number of hydrogen-bond acceptors (Lipinski definition) is 8. The maximum absolute atomic E-state index is 12.3. The smallest absolute Gasteiger partial charge is 0.308 e. The van der Waals surface area contributed by atoms with Gasteiger partial charge in [-0.2, -0.15) is 9.99 Å². The predicted octanol–water partition coefficient (Wildman–Crippen LogP) is 3.43. The normalized spacial score (nSPS) is 15.7. The highest BCUT2D eigenvalue weighted by molar-refractivity contribution is 9.11. The molecule has 0 radical (unpaired) electrons. The number of hydrazone groups is 1. The van der Waals surface area contributed by atoms with E-state index in [1.165, 1.54) is 13.8 Å². The van der Waals surface area contributed by atoms with E-state index in [0.717, 1.165) is 16.4 Å². The van der Waals surface area contributed by atoms with Crippen molar-refractivity contribution in [2.24, 2.45) is 5.10 Å². The standard InChI is InChI=1S/C19H16Br2N6O4/c1-8-5-9(2)26-19(22-8)23-16(24-26)18-27(10(3)28)25-17(31-18)13-6-12(20)7-14(21)15(13)30-11(4)29/h5-7,18H,1-4H3. The number of carbonyl (C=O) groups is 2. The number of amides is 1. The Bertz CT molecular complexity index is 1270. The summed E-state index contributed by atoms with van der Waals surface area (Å²) in [4.78, 5) is 32.7. The summed E-state index contributed by atoms with van der Waals surface area (Å²) in [7, 11) is 0. The van der Waals surface area contributed by atoms with Gasteiger partial charge >= 0.3 is 5.97 Å². The number of fused-ring (bicyclic) bond motifs is 1. The first kappa shape index (κ1) is 21.4. The van der Waals surface area contributed by atoms with E-state index < -0.39 is 12.2 Å². The third kappa shape index (κ3) is 4.04. The summed E-state index contributed by atoms with van der Waals surface area (Å²) in [6, 6.07) is 5.27. The Labute approximate surface area is 193 Å². The van der Waals surface area contributed by atoms with E-state index in [9.17, 15) is 9.59 Å². The van der Waals surface area contributed by atoms with Gasteiger partial charge in [0.25, 0.3) is 12.0 Å². The summed E-state index contributed by atoms with van der Waals surface area (Å²) < 4.78 is 14.1. The number of esters is 1. The quantitative estimate of drug-likeness (QED) is 0.362. The van der Waals surface area contributed by atoms with Gasteiger partial charge in [0.2, 0.25) is 17.6 Å². The largest absolute Gasteiger partial charge is 0.442 e. The molecule has 0 fully saturated rings. The lowest BCUT2D eigenvalue weighted by Crippen LogP contribution is -2.26. The van der Waals surface area contributed by atoms with E-state index in [1.807, 2.05) is 19.9 Å². The number of ether oxygens (including phenoxy) is 2. The lowest BCUT2D eigenvalue weighted by Gasteiger charge is -2.16. The van der Waals surface area contributed by atoms with Crippen molar-refractivity contribution >= 4 is 55.4 Å². The van der Waals surface area contributed by atoms with Crippen LogP contribution in [0.15, 0.2) is 32.2 Å². The number of halogens is 2. The first-order chi connectivity index (χ1) is 14.6. The van der Waals surface area contributed by atoms with Crippen molar-refractivity contribution in [3.63, 3.8) is 0 Å². The van der Waals surface area contributed by atoms with Gasteiger partial charge in [-0.25, -0.2) is 9.50 Å². The van der Waals surface area contributed by atoms with Crippen molar-refractivity contribution in [3.05, 3.63) is 49.9 Å². The van der Waals surface area contributed by atoms with E-state index in [4.69, 9.17) is 9.47 Å². The molecule has 12 heteroatoms. The summed E-state index contributed by atoms with van der Waals surface area (Å²) in [5, 5.41) is 9.90. The molecule has 2 aromatic heterocycles. The fraction of sp³-hybridized carbons (Fsp3) is 0.263. The molecule has 160 valence electrons. The Morgan fingerprint density at radius 3 is 2.55 bits per heavy atom. The Morgan fingerprint density at radius 1 is 1.13 bits per heavy atom. The van der Waals surface area contributed by atoms with Crippen LogP contribution in [0.4, 0.5) is 0 Å². The molecule has 0 spiro atoms. The minimum atomic E-state index is -1.00. The highest BCUT2D eigenvalue weighted by Crippen LogP contribution is 2.37. The van der Waals surface area contributed by atoms with Crippen LogP contribution in [0.1, 0.15) is 42.9 Å². The van der Waals surface area contributed by atoms with Crippen molar-refractivity contribution in [1.29, 1.82) is 0 Å². The maximum Gasteiger partial charge on any atom is 0.308 e. The number of benzene rings is 1. The highest BCUT2D eigenvalue weighted by Gasteiger charge is 2.38. The molecule has 0 saturated carbocycles. The van der Waals surface area contributed by atoms with Crippen LogP contribution in [0.2, 0.25) is 0 Å². The Kier molecular flexibility index (Phi) is 5.52. The van der Waals surface area contributed by atoms with Gasteiger partial charge in [-0.1, -0.05) is 15.9 Å². The first-order valence-electron chi connectivity index (χ1n) is 9.08. The third-order valence-electron chi connectivity index (χ3n) is 4.31. The van der Waals surface area contributed by atoms with Gasteiger partial charge in [0.1, 0.15) is 0 Å². The van der Waals surface area contributed by atoms with E-state index in [2.05, 4.69) is 52.0 Å². The van der Waals surface area contributed by atoms with Crippen LogP contribution >= 0.6 is 31.9 Å². The molecular formula is C19H16Br2N6O4. The third-order valence-corrected chi connectivity index (χ3v) is 5.35. The summed E-state index contributed by atoms with van der Waals surface area (Å²) in [5.41, 5.74) is 2.00. The number of aromatic nitrogens is 4. The second-order valence-corrected chi connectivity index (χ2v) is 8.59. The first-order valence-corrected chi connectivity index (χ1v) is 10.7. The van der Waals surface area contributed by atoms with Gasteiger partial charge in [0.05, 0.1) is 10.0 Å². The molecule has 4 rings (SSSR count). The molecule has 1 amide bonds. The average Bonchev–Trinajstić information content (AvgIpc) is 3.27. The lowest BCUT2D eigenvalue weighted by atomic mass is 10.2. The van der Waals surface area contributed by atoms with Crippen LogP contribution < -0.4 is 4.74 Å². The van der Waals surface area contributed by atoms with Crippen LogP contribution in [0.25, 0.3) is 5.78 Å². The van der Waals surface area contributed by atoms with E-state index in [1.54, 1.807) is 16.6 Å². The number of rotatable bonds is 3. The topological polar surface area (TPSA) is 111 Å². The van der Waals surface area contributed by atoms with Crippen LogP contribution in [0.3, 0.4) is 0 Å². The molecule has 3 heterocycles. The Morgan fingerprint density at radius 2 is 1.87 bits per heavy atom. The molecule has 1 unspecified atom stereocenters. The highest BCUT2D eigenvalue weighted by atomic mass is 79.9. The summed E-state index contributed by atoms with van der Waals surface area (Å²) in [6.07, 6.45) is -1.00. The zero-order chi connectivity index (χ0) is 22.4. The van der Waals surface area contributed by atoms with Crippen LogP contribution in [-0.2, 0) is 14.3 Å².